The summed E-state index contributed by atoms with van der Waals surface area (Å²) in [5.74, 6) is -0.431. The zero-order chi connectivity index (χ0) is 19.4. The maximum atomic E-state index is 12.9. The zero-order valence-corrected chi connectivity index (χ0v) is 16.2. The lowest BCUT2D eigenvalue weighted by molar-refractivity contribution is -0.141. The summed E-state index contributed by atoms with van der Waals surface area (Å²) in [6.45, 7) is 4.37. The predicted molar refractivity (Wildman–Crippen MR) is 103 cm³/mol. The van der Waals surface area contributed by atoms with Gasteiger partial charge in [0.1, 0.15) is 12.1 Å². The molecule has 2 aliphatic rings. The minimum absolute atomic E-state index is 0.127. The maximum absolute atomic E-state index is 12.9. The molecule has 1 N–H and O–H groups in total. The SMILES string of the molecule is CC[C@H]1CCCCN1C(=O)CN1C(=O)N[C@](C)(CCc2ccccc2)C1=O. The van der Waals surface area contributed by atoms with Gasteiger partial charge in [-0.25, -0.2) is 4.79 Å². The minimum Gasteiger partial charge on any atom is -0.338 e. The lowest BCUT2D eigenvalue weighted by Crippen LogP contribution is -2.49. The Kier molecular flexibility index (Phi) is 5.82. The normalized spacial score (nSPS) is 25.6. The van der Waals surface area contributed by atoms with Crippen LogP contribution in [0.25, 0.3) is 0 Å². The van der Waals surface area contributed by atoms with Gasteiger partial charge in [-0.3, -0.25) is 14.5 Å². The van der Waals surface area contributed by atoms with Gasteiger partial charge in [0, 0.05) is 12.6 Å². The van der Waals surface area contributed by atoms with E-state index in [4.69, 9.17) is 0 Å². The second kappa shape index (κ2) is 8.11. The number of rotatable bonds is 6. The average molecular weight is 371 g/mol. The Balaban J connectivity index is 1.63. The van der Waals surface area contributed by atoms with Crippen LogP contribution in [0.4, 0.5) is 4.79 Å². The lowest BCUT2D eigenvalue weighted by atomic mass is 9.93. The number of benzene rings is 1. The number of nitrogens with one attached hydrogen (secondary N) is 1. The van der Waals surface area contributed by atoms with E-state index in [2.05, 4.69) is 12.2 Å². The van der Waals surface area contributed by atoms with Gasteiger partial charge in [-0.1, -0.05) is 37.3 Å². The smallest absolute Gasteiger partial charge is 0.325 e. The van der Waals surface area contributed by atoms with E-state index in [0.717, 1.165) is 36.1 Å². The van der Waals surface area contributed by atoms with Crippen LogP contribution in [0.15, 0.2) is 30.3 Å². The van der Waals surface area contributed by atoms with Crippen molar-refractivity contribution >= 4 is 17.8 Å². The number of hydrogen-bond donors (Lipinski definition) is 1. The highest BCUT2D eigenvalue weighted by Crippen LogP contribution is 2.25. The number of likely N-dealkylation sites (tertiary alicyclic amines) is 1. The molecule has 1 aromatic carbocycles. The fourth-order valence-electron chi connectivity index (χ4n) is 4.08. The molecule has 6 heteroatoms. The largest absolute Gasteiger partial charge is 0.338 e. The van der Waals surface area contributed by atoms with Crippen molar-refractivity contribution in [3.8, 4) is 0 Å². The second-order valence-electron chi connectivity index (χ2n) is 7.78. The van der Waals surface area contributed by atoms with E-state index < -0.39 is 11.6 Å². The summed E-state index contributed by atoms with van der Waals surface area (Å²) in [4.78, 5) is 41.0. The molecule has 2 atom stereocenters. The highest BCUT2D eigenvalue weighted by atomic mass is 16.2. The monoisotopic (exact) mass is 371 g/mol. The summed E-state index contributed by atoms with van der Waals surface area (Å²) in [6.07, 6.45) is 5.21. The molecule has 3 rings (SSSR count). The molecule has 0 spiro atoms. The fourth-order valence-corrected chi connectivity index (χ4v) is 4.08. The maximum Gasteiger partial charge on any atom is 0.325 e. The molecular formula is C21H29N3O3. The third-order valence-electron chi connectivity index (χ3n) is 5.81. The van der Waals surface area contributed by atoms with Gasteiger partial charge in [-0.15, -0.1) is 0 Å². The molecule has 2 aliphatic heterocycles. The van der Waals surface area contributed by atoms with Crippen LogP contribution in [0.5, 0.6) is 0 Å². The van der Waals surface area contributed by atoms with E-state index >= 15 is 0 Å². The molecule has 2 fully saturated rings. The summed E-state index contributed by atoms with van der Waals surface area (Å²) in [5, 5.41) is 2.80. The van der Waals surface area contributed by atoms with Crippen molar-refractivity contribution < 1.29 is 14.4 Å². The molecule has 146 valence electrons. The van der Waals surface area contributed by atoms with E-state index in [0.29, 0.717) is 19.4 Å². The van der Waals surface area contributed by atoms with Gasteiger partial charge in [0.2, 0.25) is 5.91 Å². The van der Waals surface area contributed by atoms with E-state index in [1.807, 2.05) is 35.2 Å². The number of carbonyl (C=O) groups is 3. The first-order chi connectivity index (χ1) is 12.9. The molecule has 2 heterocycles. The summed E-state index contributed by atoms with van der Waals surface area (Å²) in [5.41, 5.74) is 0.161. The molecule has 0 aliphatic carbocycles. The number of amides is 4. The number of imide groups is 1. The van der Waals surface area contributed by atoms with Crippen molar-refractivity contribution in [1.82, 2.24) is 15.1 Å². The van der Waals surface area contributed by atoms with Crippen molar-refractivity contribution in [2.45, 2.75) is 64.0 Å². The fraction of sp³-hybridized carbons (Fsp3) is 0.571. The van der Waals surface area contributed by atoms with Crippen LogP contribution < -0.4 is 5.32 Å². The molecular weight excluding hydrogens is 342 g/mol. The van der Waals surface area contributed by atoms with Crippen molar-refractivity contribution in [3.05, 3.63) is 35.9 Å². The highest BCUT2D eigenvalue weighted by Gasteiger charge is 2.48. The van der Waals surface area contributed by atoms with E-state index in [1.165, 1.54) is 0 Å². The molecule has 27 heavy (non-hydrogen) atoms. The Hall–Kier alpha value is -2.37. The number of piperidine rings is 1. The Bertz CT molecular complexity index is 706. The number of carbonyl (C=O) groups excluding carboxylic acids is 3. The third kappa shape index (κ3) is 4.15. The van der Waals surface area contributed by atoms with Gasteiger partial charge >= 0.3 is 6.03 Å². The average Bonchev–Trinajstić information content (AvgIpc) is 2.90. The van der Waals surface area contributed by atoms with Crippen molar-refractivity contribution in [1.29, 1.82) is 0 Å². The van der Waals surface area contributed by atoms with Crippen LogP contribution in [-0.2, 0) is 16.0 Å². The quantitative estimate of drug-likeness (QED) is 0.782. The zero-order valence-electron chi connectivity index (χ0n) is 16.2. The lowest BCUT2D eigenvalue weighted by Gasteiger charge is -2.36. The van der Waals surface area contributed by atoms with Crippen molar-refractivity contribution in [2.24, 2.45) is 0 Å². The number of urea groups is 1. The van der Waals surface area contributed by atoms with Gasteiger partial charge in [0.25, 0.3) is 5.91 Å². The van der Waals surface area contributed by atoms with Gasteiger partial charge in [-0.2, -0.15) is 0 Å². The molecule has 0 bridgehead atoms. The Labute approximate surface area is 160 Å². The van der Waals surface area contributed by atoms with Crippen LogP contribution in [-0.4, -0.2) is 52.3 Å². The first-order valence-corrected chi connectivity index (χ1v) is 9.92. The molecule has 4 amide bonds. The van der Waals surface area contributed by atoms with Gasteiger partial charge in [-0.05, 0) is 51.0 Å². The molecule has 0 unspecified atom stereocenters. The number of nitrogens with zero attached hydrogens (tertiary/aromatic N) is 2. The molecule has 1 aromatic rings. The summed E-state index contributed by atoms with van der Waals surface area (Å²) < 4.78 is 0. The summed E-state index contributed by atoms with van der Waals surface area (Å²) >= 11 is 0. The second-order valence-corrected chi connectivity index (χ2v) is 7.78. The first kappa shape index (κ1) is 19.4. The standard InChI is InChI=1S/C21H29N3O3/c1-3-17-11-7-8-14-23(17)18(25)15-24-19(26)21(2,22-20(24)27)13-12-16-9-5-4-6-10-16/h4-6,9-10,17H,3,7-8,11-15H2,1-2H3,(H,22,27)/t17-,21+/m0/s1. The molecule has 0 aromatic heterocycles. The summed E-state index contributed by atoms with van der Waals surface area (Å²) in [6, 6.07) is 9.64. The van der Waals surface area contributed by atoms with Crippen LogP contribution in [0.2, 0.25) is 0 Å². The topological polar surface area (TPSA) is 69.7 Å². The van der Waals surface area contributed by atoms with Crippen molar-refractivity contribution in [2.75, 3.05) is 13.1 Å². The molecule has 0 saturated carbocycles. The highest BCUT2D eigenvalue weighted by molar-refractivity contribution is 6.08. The van der Waals surface area contributed by atoms with Gasteiger partial charge in [0.05, 0.1) is 0 Å². The first-order valence-electron chi connectivity index (χ1n) is 9.92. The number of hydrogen-bond acceptors (Lipinski definition) is 3. The Morgan fingerprint density at radius 2 is 1.96 bits per heavy atom. The van der Waals surface area contributed by atoms with Gasteiger partial charge < -0.3 is 10.2 Å². The third-order valence-corrected chi connectivity index (χ3v) is 5.81. The molecule has 2 saturated heterocycles. The minimum atomic E-state index is -0.959. The van der Waals surface area contributed by atoms with E-state index in [1.54, 1.807) is 6.92 Å². The van der Waals surface area contributed by atoms with Crippen LogP contribution in [0, 0.1) is 0 Å². The van der Waals surface area contributed by atoms with E-state index in [-0.39, 0.29) is 24.4 Å². The predicted octanol–water partition coefficient (Wildman–Crippen LogP) is 2.72. The number of aryl methyl sites for hydroxylation is 1. The van der Waals surface area contributed by atoms with Crippen LogP contribution in [0.3, 0.4) is 0 Å². The molecule has 6 nitrogen and oxygen atoms in total. The van der Waals surface area contributed by atoms with Crippen LogP contribution >= 0.6 is 0 Å². The van der Waals surface area contributed by atoms with E-state index in [9.17, 15) is 14.4 Å². The summed E-state index contributed by atoms with van der Waals surface area (Å²) in [7, 11) is 0. The Morgan fingerprint density at radius 1 is 1.22 bits per heavy atom. The molecule has 0 radical (unpaired) electrons. The van der Waals surface area contributed by atoms with Crippen LogP contribution in [0.1, 0.15) is 51.5 Å². The Morgan fingerprint density at radius 3 is 2.67 bits per heavy atom. The van der Waals surface area contributed by atoms with Gasteiger partial charge in [0.15, 0.2) is 0 Å². The van der Waals surface area contributed by atoms with Crippen molar-refractivity contribution in [3.63, 3.8) is 0 Å².